The first kappa shape index (κ1) is 35.6. The van der Waals surface area contributed by atoms with E-state index in [0.717, 1.165) is 72.4 Å². The van der Waals surface area contributed by atoms with Crippen LogP contribution in [0.2, 0.25) is 10.0 Å². The van der Waals surface area contributed by atoms with Gasteiger partial charge in [0.05, 0.1) is 35.7 Å². The number of methoxy groups -OCH3 is 2. The van der Waals surface area contributed by atoms with Gasteiger partial charge in [0.15, 0.2) is 0 Å². The lowest BCUT2D eigenvalue weighted by atomic mass is 9.98. The first-order chi connectivity index (χ1) is 24.1. The molecule has 0 spiro atoms. The molecule has 4 aromatic rings. The van der Waals surface area contributed by atoms with E-state index >= 15 is 0 Å². The normalized spacial score (nSPS) is 17.9. The van der Waals surface area contributed by atoms with Crippen molar-refractivity contribution in [3.63, 3.8) is 0 Å². The fourth-order valence-corrected chi connectivity index (χ4v) is 7.60. The van der Waals surface area contributed by atoms with Crippen LogP contribution in [0.25, 0.3) is 33.6 Å². The van der Waals surface area contributed by atoms with Crippen molar-refractivity contribution in [2.45, 2.75) is 51.9 Å². The number of carbonyl (C=O) groups is 2. The summed E-state index contributed by atoms with van der Waals surface area (Å²) >= 11 is 14.2. The van der Waals surface area contributed by atoms with Crippen LogP contribution in [0.4, 0.5) is 0 Å². The highest BCUT2D eigenvalue weighted by atomic mass is 35.5. The molecule has 2 aromatic heterocycles. The van der Waals surface area contributed by atoms with Crippen LogP contribution in [0.3, 0.4) is 0 Å². The number of amides is 2. The maximum absolute atomic E-state index is 11.5. The highest BCUT2D eigenvalue weighted by Gasteiger charge is 2.26. The van der Waals surface area contributed by atoms with Crippen LogP contribution in [0.5, 0.6) is 11.8 Å². The number of likely N-dealkylation sites (tertiary alicyclic amines) is 2. The number of nitrogens with zero attached hydrogens (tertiary/aromatic N) is 4. The second-order valence-corrected chi connectivity index (χ2v) is 13.7. The van der Waals surface area contributed by atoms with Crippen molar-refractivity contribution in [1.29, 1.82) is 0 Å². The van der Waals surface area contributed by atoms with E-state index in [0.29, 0.717) is 46.3 Å². The molecule has 6 rings (SSSR count). The number of nitrogens with one attached hydrogen (secondary N) is 2. The van der Waals surface area contributed by atoms with Gasteiger partial charge in [-0.2, -0.15) is 0 Å². The summed E-state index contributed by atoms with van der Waals surface area (Å²) in [6.07, 6.45) is 1.82. The molecular weight excluding hydrogens is 675 g/mol. The van der Waals surface area contributed by atoms with Gasteiger partial charge in [0.2, 0.25) is 23.6 Å². The van der Waals surface area contributed by atoms with Crippen LogP contribution in [-0.2, 0) is 22.7 Å². The van der Waals surface area contributed by atoms with Crippen LogP contribution in [0, 0.1) is 0 Å². The van der Waals surface area contributed by atoms with Crippen LogP contribution >= 0.6 is 23.2 Å². The molecule has 0 saturated carbocycles. The Balaban J connectivity index is 1.23. The zero-order chi connectivity index (χ0) is 35.4. The van der Waals surface area contributed by atoms with Gasteiger partial charge in [0.1, 0.15) is 0 Å². The second-order valence-electron chi connectivity index (χ2n) is 12.9. The molecule has 0 bridgehead atoms. The third kappa shape index (κ3) is 8.05. The SMILES string of the molecule is COc1nc(-c2cccc(-c3cccc(-c4ccc(CN5CC[C@H](NC(C)=O)C5)c(OC)n4)c3Cl)c2Cl)ccc1CN1CC[C@H](NC(C)=O)C1. The third-order valence-corrected chi connectivity index (χ3v) is 10.1. The molecule has 2 N–H and O–H groups in total. The van der Waals surface area contributed by atoms with E-state index in [2.05, 4.69) is 20.4 Å². The Bertz CT molecular complexity index is 1750. The van der Waals surface area contributed by atoms with Gasteiger partial charge in [-0.1, -0.05) is 71.7 Å². The summed E-state index contributed by atoms with van der Waals surface area (Å²) in [6.45, 7) is 7.77. The minimum absolute atomic E-state index is 0.00751. The predicted molar refractivity (Wildman–Crippen MR) is 196 cm³/mol. The Labute approximate surface area is 303 Å². The van der Waals surface area contributed by atoms with Crippen LogP contribution in [0.1, 0.15) is 37.8 Å². The van der Waals surface area contributed by atoms with Gasteiger partial charge >= 0.3 is 0 Å². The summed E-state index contributed by atoms with van der Waals surface area (Å²) in [6, 6.07) is 19.9. The molecule has 2 aromatic carbocycles. The van der Waals surface area contributed by atoms with Crippen molar-refractivity contribution in [2.24, 2.45) is 0 Å². The number of aromatic nitrogens is 2. The van der Waals surface area contributed by atoms with Gasteiger partial charge in [-0.25, -0.2) is 9.97 Å². The molecule has 2 saturated heterocycles. The largest absolute Gasteiger partial charge is 0.481 e. The van der Waals surface area contributed by atoms with Crippen LogP contribution in [0.15, 0.2) is 60.7 Å². The van der Waals surface area contributed by atoms with E-state index < -0.39 is 0 Å². The van der Waals surface area contributed by atoms with E-state index in [4.69, 9.17) is 42.6 Å². The minimum Gasteiger partial charge on any atom is -0.481 e. The standard InChI is InChI=1S/C38H42Cl2N6O4/c1-23(47)41-27-15-17-45(21-27)19-25-11-13-33(43-37(25)49-3)31-9-5-7-29(35(31)39)30-8-6-10-32(36(30)40)34-14-12-26(38(44-34)50-4)20-46-18-16-28(22-46)42-24(2)48/h5-14,27-28H,15-22H2,1-4H3,(H,41,47)(H,42,48)/t27-,28-/m0/s1. The van der Waals surface area contributed by atoms with E-state index in [9.17, 15) is 9.59 Å². The summed E-state index contributed by atoms with van der Waals surface area (Å²) in [5.41, 5.74) is 6.36. The number of hydrogen-bond donors (Lipinski definition) is 2. The first-order valence-corrected chi connectivity index (χ1v) is 17.5. The van der Waals surface area contributed by atoms with Gasteiger partial charge in [-0.15, -0.1) is 0 Å². The lowest BCUT2D eigenvalue weighted by Crippen LogP contribution is -2.35. The number of ether oxygens (including phenoxy) is 2. The molecule has 2 fully saturated rings. The molecule has 262 valence electrons. The quantitative estimate of drug-likeness (QED) is 0.188. The average Bonchev–Trinajstić information content (AvgIpc) is 3.73. The first-order valence-electron chi connectivity index (χ1n) is 16.8. The minimum atomic E-state index is -0.00751. The Hall–Kier alpha value is -4.22. The number of hydrogen-bond acceptors (Lipinski definition) is 8. The molecule has 50 heavy (non-hydrogen) atoms. The highest BCUT2D eigenvalue weighted by molar-refractivity contribution is 6.39. The fourth-order valence-electron chi connectivity index (χ4n) is 6.95. The number of halogens is 2. The fraction of sp³-hybridized carbons (Fsp3) is 0.368. The maximum atomic E-state index is 11.5. The monoisotopic (exact) mass is 716 g/mol. The van der Waals surface area contributed by atoms with E-state index in [1.165, 1.54) is 0 Å². The smallest absolute Gasteiger partial charge is 0.218 e. The second kappa shape index (κ2) is 15.8. The Morgan fingerprint density at radius 1 is 0.680 bits per heavy atom. The van der Waals surface area contributed by atoms with Crippen LogP contribution < -0.4 is 20.1 Å². The molecule has 0 aliphatic carbocycles. The molecule has 2 amide bonds. The molecule has 10 nitrogen and oxygen atoms in total. The topological polar surface area (TPSA) is 109 Å². The van der Waals surface area contributed by atoms with Crippen molar-refractivity contribution in [3.05, 3.63) is 81.8 Å². The van der Waals surface area contributed by atoms with Gasteiger partial charge < -0.3 is 20.1 Å². The zero-order valence-electron chi connectivity index (χ0n) is 28.8. The third-order valence-electron chi connectivity index (χ3n) is 9.25. The average molecular weight is 718 g/mol. The summed E-state index contributed by atoms with van der Waals surface area (Å²) in [7, 11) is 3.24. The number of pyridine rings is 2. The zero-order valence-corrected chi connectivity index (χ0v) is 30.3. The summed E-state index contributed by atoms with van der Waals surface area (Å²) in [4.78, 5) is 37.3. The lowest BCUT2D eigenvalue weighted by Gasteiger charge is -2.19. The molecular formula is C38H42Cl2N6O4. The summed E-state index contributed by atoms with van der Waals surface area (Å²) < 4.78 is 11.4. The van der Waals surface area contributed by atoms with Crippen molar-refractivity contribution >= 4 is 35.0 Å². The lowest BCUT2D eigenvalue weighted by molar-refractivity contribution is -0.120. The van der Waals surface area contributed by atoms with Crippen molar-refractivity contribution in [3.8, 4) is 45.4 Å². The van der Waals surface area contributed by atoms with E-state index in [1.807, 2.05) is 60.7 Å². The molecule has 4 heterocycles. The Morgan fingerprint density at radius 2 is 1.08 bits per heavy atom. The predicted octanol–water partition coefficient (Wildman–Crippen LogP) is 6.22. The van der Waals surface area contributed by atoms with Gasteiger partial charge in [-0.05, 0) is 25.0 Å². The molecule has 2 aliphatic rings. The van der Waals surface area contributed by atoms with Crippen LogP contribution in [-0.4, -0.2) is 84.1 Å². The molecule has 2 aliphatic heterocycles. The van der Waals surface area contributed by atoms with Crippen molar-refractivity contribution in [1.82, 2.24) is 30.4 Å². The maximum Gasteiger partial charge on any atom is 0.218 e. The molecule has 2 atom stereocenters. The van der Waals surface area contributed by atoms with Gasteiger partial charge in [0, 0.05) is 98.6 Å². The van der Waals surface area contributed by atoms with E-state index in [-0.39, 0.29) is 23.9 Å². The molecule has 0 radical (unpaired) electrons. The molecule has 12 heteroatoms. The van der Waals surface area contributed by atoms with Crippen molar-refractivity contribution < 1.29 is 19.1 Å². The number of benzene rings is 2. The number of rotatable bonds is 11. The summed E-state index contributed by atoms with van der Waals surface area (Å²) in [5.74, 6) is 1.05. The molecule has 0 unspecified atom stereocenters. The van der Waals surface area contributed by atoms with E-state index in [1.54, 1.807) is 28.1 Å². The van der Waals surface area contributed by atoms with Gasteiger partial charge in [-0.3, -0.25) is 19.4 Å². The Kier molecular flexibility index (Phi) is 11.2. The van der Waals surface area contributed by atoms with Crippen molar-refractivity contribution in [2.75, 3.05) is 40.4 Å². The number of carbonyl (C=O) groups excluding carboxylic acids is 2. The highest BCUT2D eigenvalue weighted by Crippen LogP contribution is 2.42. The van der Waals surface area contributed by atoms with Gasteiger partial charge in [0.25, 0.3) is 0 Å². The summed E-state index contributed by atoms with van der Waals surface area (Å²) in [5, 5.41) is 7.07. The Morgan fingerprint density at radius 3 is 1.46 bits per heavy atom.